The molecule has 0 radical (unpaired) electrons. The van der Waals surface area contributed by atoms with Gasteiger partial charge < -0.3 is 5.32 Å². The summed E-state index contributed by atoms with van der Waals surface area (Å²) in [7, 11) is -3.69. The Labute approximate surface area is 162 Å². The molecule has 5 nitrogen and oxygen atoms in total. The molecule has 1 atom stereocenters. The normalized spacial score (nSPS) is 12.5. The Hall–Kier alpha value is -2.18. The third-order valence-corrected chi connectivity index (χ3v) is 5.73. The second-order valence-electron chi connectivity index (χ2n) is 6.71. The number of hydrogen-bond acceptors (Lipinski definition) is 3. The van der Waals surface area contributed by atoms with E-state index in [4.69, 9.17) is 0 Å². The van der Waals surface area contributed by atoms with Crippen molar-refractivity contribution < 1.29 is 13.2 Å². The fourth-order valence-electron chi connectivity index (χ4n) is 2.74. The summed E-state index contributed by atoms with van der Waals surface area (Å²) < 4.78 is 27.6. The van der Waals surface area contributed by atoms with Gasteiger partial charge in [-0.15, -0.1) is 0 Å². The van der Waals surface area contributed by atoms with Gasteiger partial charge in [0.05, 0.1) is 4.90 Å². The largest absolute Gasteiger partial charge is 0.350 e. The molecule has 1 unspecified atom stereocenters. The van der Waals surface area contributed by atoms with E-state index < -0.39 is 10.0 Å². The summed E-state index contributed by atoms with van der Waals surface area (Å²) >= 11 is 0. The molecule has 0 aliphatic rings. The minimum absolute atomic E-state index is 0.0560. The SMILES string of the molecule is CCCCCC(C)NC(=O)c1cccc(S(=O)(=O)NCc2ccccc2)c1. The van der Waals surface area contributed by atoms with Crippen molar-refractivity contribution in [2.45, 2.75) is 57.0 Å². The van der Waals surface area contributed by atoms with Crippen LogP contribution in [0.5, 0.6) is 0 Å². The van der Waals surface area contributed by atoms with Gasteiger partial charge >= 0.3 is 0 Å². The highest BCUT2D eigenvalue weighted by Gasteiger charge is 2.17. The zero-order valence-electron chi connectivity index (χ0n) is 15.9. The number of nitrogens with one attached hydrogen (secondary N) is 2. The summed E-state index contributed by atoms with van der Waals surface area (Å²) in [5.74, 6) is -0.251. The molecule has 2 aromatic rings. The van der Waals surface area contributed by atoms with Crippen LogP contribution in [0.4, 0.5) is 0 Å². The van der Waals surface area contributed by atoms with Crippen LogP contribution in [0.3, 0.4) is 0 Å². The Balaban J connectivity index is 2.01. The van der Waals surface area contributed by atoms with Crippen LogP contribution in [-0.2, 0) is 16.6 Å². The van der Waals surface area contributed by atoms with Gasteiger partial charge in [-0.3, -0.25) is 4.79 Å². The van der Waals surface area contributed by atoms with Gasteiger partial charge in [-0.05, 0) is 37.1 Å². The smallest absolute Gasteiger partial charge is 0.251 e. The molecule has 1 amide bonds. The molecule has 0 bridgehead atoms. The maximum atomic E-state index is 12.5. The van der Waals surface area contributed by atoms with Crippen LogP contribution in [0.2, 0.25) is 0 Å². The predicted octanol–water partition coefficient (Wildman–Crippen LogP) is 3.86. The van der Waals surface area contributed by atoms with E-state index >= 15 is 0 Å². The van der Waals surface area contributed by atoms with E-state index in [2.05, 4.69) is 17.0 Å². The van der Waals surface area contributed by atoms with Crippen LogP contribution < -0.4 is 10.0 Å². The summed E-state index contributed by atoms with van der Waals surface area (Å²) in [6, 6.07) is 15.5. The zero-order chi connectivity index (χ0) is 19.7. The summed E-state index contributed by atoms with van der Waals surface area (Å²) in [6.07, 6.45) is 4.25. The van der Waals surface area contributed by atoms with Crippen LogP contribution >= 0.6 is 0 Å². The molecule has 0 spiro atoms. The van der Waals surface area contributed by atoms with E-state index in [1.165, 1.54) is 12.1 Å². The van der Waals surface area contributed by atoms with Gasteiger partial charge in [-0.2, -0.15) is 0 Å². The Morgan fingerprint density at radius 2 is 1.78 bits per heavy atom. The molecule has 0 aromatic heterocycles. The van der Waals surface area contributed by atoms with Crippen molar-refractivity contribution >= 4 is 15.9 Å². The number of hydrogen-bond donors (Lipinski definition) is 2. The van der Waals surface area contributed by atoms with Crippen LogP contribution in [0.1, 0.15) is 55.5 Å². The molecule has 0 aliphatic heterocycles. The Kier molecular flexibility index (Phi) is 8.00. The monoisotopic (exact) mass is 388 g/mol. The Morgan fingerprint density at radius 3 is 2.48 bits per heavy atom. The summed E-state index contributed by atoms with van der Waals surface area (Å²) in [5.41, 5.74) is 1.22. The topological polar surface area (TPSA) is 75.3 Å². The summed E-state index contributed by atoms with van der Waals surface area (Å²) in [5, 5.41) is 2.94. The third-order valence-electron chi connectivity index (χ3n) is 4.33. The minimum Gasteiger partial charge on any atom is -0.350 e. The van der Waals surface area contributed by atoms with Crippen molar-refractivity contribution in [3.8, 4) is 0 Å². The van der Waals surface area contributed by atoms with Crippen molar-refractivity contribution in [1.29, 1.82) is 0 Å². The lowest BCUT2D eigenvalue weighted by molar-refractivity contribution is 0.0937. The zero-order valence-corrected chi connectivity index (χ0v) is 16.8. The number of carbonyl (C=O) groups excluding carboxylic acids is 1. The lowest BCUT2D eigenvalue weighted by atomic mass is 10.1. The molecule has 0 saturated heterocycles. The predicted molar refractivity (Wildman–Crippen MR) is 108 cm³/mol. The summed E-state index contributed by atoms with van der Waals surface area (Å²) in [6.45, 7) is 4.31. The van der Waals surface area contributed by atoms with Crippen LogP contribution in [0.25, 0.3) is 0 Å². The molecule has 0 aliphatic carbocycles. The molecular weight excluding hydrogens is 360 g/mol. The van der Waals surface area contributed by atoms with Crippen molar-refractivity contribution in [2.75, 3.05) is 0 Å². The lowest BCUT2D eigenvalue weighted by Crippen LogP contribution is -2.32. The Bertz CT molecular complexity index is 836. The van der Waals surface area contributed by atoms with Crippen molar-refractivity contribution in [3.63, 3.8) is 0 Å². The first kappa shape index (κ1) is 21.1. The highest BCUT2D eigenvalue weighted by Crippen LogP contribution is 2.13. The van der Waals surface area contributed by atoms with Crippen molar-refractivity contribution in [3.05, 3.63) is 65.7 Å². The molecule has 146 valence electrons. The standard InChI is InChI=1S/C21H28N2O3S/c1-3-4-6-10-17(2)23-21(24)19-13-9-14-20(15-19)27(25,26)22-16-18-11-7-5-8-12-18/h5,7-9,11-15,17,22H,3-4,6,10,16H2,1-2H3,(H,23,24). The average molecular weight is 389 g/mol. The second-order valence-corrected chi connectivity index (χ2v) is 8.48. The lowest BCUT2D eigenvalue weighted by Gasteiger charge is -2.14. The van der Waals surface area contributed by atoms with Gasteiger partial charge in [0, 0.05) is 18.2 Å². The highest BCUT2D eigenvalue weighted by atomic mass is 32.2. The van der Waals surface area contributed by atoms with E-state index in [0.29, 0.717) is 5.56 Å². The van der Waals surface area contributed by atoms with Gasteiger partial charge in [-0.25, -0.2) is 13.1 Å². The summed E-state index contributed by atoms with van der Waals surface area (Å²) in [4.78, 5) is 12.5. The van der Waals surface area contributed by atoms with Crippen LogP contribution in [0.15, 0.2) is 59.5 Å². The third kappa shape index (κ3) is 6.81. The molecule has 2 rings (SSSR count). The Morgan fingerprint density at radius 1 is 1.04 bits per heavy atom. The fourth-order valence-corrected chi connectivity index (χ4v) is 3.81. The molecule has 6 heteroatoms. The van der Waals surface area contributed by atoms with Crippen molar-refractivity contribution in [2.24, 2.45) is 0 Å². The van der Waals surface area contributed by atoms with E-state index in [-0.39, 0.29) is 23.4 Å². The quantitative estimate of drug-likeness (QED) is 0.607. The van der Waals surface area contributed by atoms with Gasteiger partial charge in [0.15, 0.2) is 0 Å². The molecule has 2 aromatic carbocycles. The van der Waals surface area contributed by atoms with Gasteiger partial charge in [0.2, 0.25) is 10.0 Å². The van der Waals surface area contributed by atoms with Crippen LogP contribution in [0, 0.1) is 0 Å². The van der Waals surface area contributed by atoms with Crippen LogP contribution in [-0.4, -0.2) is 20.4 Å². The van der Waals surface area contributed by atoms with E-state index in [0.717, 1.165) is 31.2 Å². The number of carbonyl (C=O) groups is 1. The van der Waals surface area contributed by atoms with Crippen molar-refractivity contribution in [1.82, 2.24) is 10.0 Å². The molecule has 0 fully saturated rings. The molecule has 27 heavy (non-hydrogen) atoms. The first-order valence-electron chi connectivity index (χ1n) is 9.37. The minimum atomic E-state index is -3.69. The van der Waals surface area contributed by atoms with Gasteiger partial charge in [0.25, 0.3) is 5.91 Å². The van der Waals surface area contributed by atoms with E-state index in [1.54, 1.807) is 12.1 Å². The first-order valence-corrected chi connectivity index (χ1v) is 10.8. The second kappa shape index (κ2) is 10.2. The molecular formula is C21H28N2O3S. The number of benzene rings is 2. The maximum Gasteiger partial charge on any atom is 0.251 e. The highest BCUT2D eigenvalue weighted by molar-refractivity contribution is 7.89. The number of unbranched alkanes of at least 4 members (excludes halogenated alkanes) is 2. The molecule has 0 heterocycles. The number of sulfonamides is 1. The van der Waals surface area contributed by atoms with Gasteiger partial charge in [0.1, 0.15) is 0 Å². The maximum absolute atomic E-state index is 12.5. The molecule has 0 saturated carbocycles. The molecule has 2 N–H and O–H groups in total. The number of rotatable bonds is 10. The first-order chi connectivity index (χ1) is 12.9. The number of amides is 1. The fraction of sp³-hybridized carbons (Fsp3) is 0.381. The van der Waals surface area contributed by atoms with E-state index in [1.807, 2.05) is 37.3 Å². The van der Waals surface area contributed by atoms with E-state index in [9.17, 15) is 13.2 Å². The average Bonchev–Trinajstić information content (AvgIpc) is 2.67. The van der Waals surface area contributed by atoms with Gasteiger partial charge in [-0.1, -0.05) is 62.6 Å².